The Morgan fingerprint density at radius 2 is 1.34 bits per heavy atom. The third-order valence-corrected chi connectivity index (χ3v) is 5.26. The van der Waals surface area contributed by atoms with Crippen LogP contribution in [0.3, 0.4) is 0 Å². The topological polar surface area (TPSA) is 51.6 Å². The average Bonchev–Trinajstić information content (AvgIpc) is 2.95. The summed E-state index contributed by atoms with van der Waals surface area (Å²) in [5.41, 5.74) is 6.06. The molecule has 5 heteroatoms. The zero-order valence-electron chi connectivity index (χ0n) is 18.7. The van der Waals surface area contributed by atoms with Crippen LogP contribution in [0.2, 0.25) is 0 Å². The summed E-state index contributed by atoms with van der Waals surface area (Å²) in [7, 11) is 0. The van der Waals surface area contributed by atoms with Crippen molar-refractivity contribution < 1.29 is 20.1 Å². The summed E-state index contributed by atoms with van der Waals surface area (Å²) in [6.45, 7) is 0. The Labute approximate surface area is 218 Å². The van der Waals surface area contributed by atoms with E-state index in [2.05, 4.69) is 62.4 Å². The maximum absolute atomic E-state index is 4.33. The van der Waals surface area contributed by atoms with E-state index in [4.69, 9.17) is 0 Å². The van der Waals surface area contributed by atoms with Crippen LogP contribution in [-0.2, 0) is 20.1 Å². The molecule has 0 saturated heterocycles. The van der Waals surface area contributed by atoms with Gasteiger partial charge in [0.1, 0.15) is 0 Å². The minimum atomic E-state index is 0. The van der Waals surface area contributed by atoms with E-state index < -0.39 is 0 Å². The normalized spacial score (nSPS) is 10.1. The molecule has 35 heavy (non-hydrogen) atoms. The van der Waals surface area contributed by atoms with Gasteiger partial charge >= 0.3 is 0 Å². The third-order valence-electron chi connectivity index (χ3n) is 5.26. The molecule has 0 spiro atoms. The van der Waals surface area contributed by atoms with Gasteiger partial charge in [-0.05, 0) is 34.8 Å². The summed E-state index contributed by atoms with van der Waals surface area (Å²) < 4.78 is 0. The van der Waals surface area contributed by atoms with E-state index in [1.165, 1.54) is 5.39 Å². The van der Waals surface area contributed by atoms with Crippen molar-refractivity contribution in [1.82, 2.24) is 19.9 Å². The summed E-state index contributed by atoms with van der Waals surface area (Å²) in [5.74, 6) is 0. The molecule has 3 aromatic carbocycles. The first-order chi connectivity index (χ1) is 16.9. The van der Waals surface area contributed by atoms with Gasteiger partial charge in [-0.3, -0.25) is 9.97 Å². The molecule has 0 N–H and O–H groups in total. The van der Waals surface area contributed by atoms with Crippen LogP contribution in [0.4, 0.5) is 0 Å². The number of hydrogen-bond acceptors (Lipinski definition) is 4. The molecule has 3 heterocycles. The molecule has 0 aliphatic rings. The monoisotopic (exact) mass is 629 g/mol. The largest absolute Gasteiger partial charge is 0.305 e. The molecule has 0 aliphatic carbocycles. The second-order valence-corrected chi connectivity index (χ2v) is 7.51. The fraction of sp³-hybridized carbons (Fsp3) is 0. The Morgan fingerprint density at radius 1 is 0.514 bits per heavy atom. The first-order valence-electron chi connectivity index (χ1n) is 10.9. The average molecular weight is 629 g/mol. The summed E-state index contributed by atoms with van der Waals surface area (Å²) in [4.78, 5) is 16.8. The Bertz CT molecular complexity index is 1450. The number of aromatic nitrogens is 4. The van der Waals surface area contributed by atoms with Crippen molar-refractivity contribution in [3.63, 3.8) is 0 Å². The van der Waals surface area contributed by atoms with Crippen molar-refractivity contribution >= 4 is 10.8 Å². The molecule has 6 rings (SSSR count). The number of nitrogens with zero attached hydrogens (tertiary/aromatic N) is 4. The van der Waals surface area contributed by atoms with Crippen LogP contribution in [0.25, 0.3) is 44.4 Å². The van der Waals surface area contributed by atoms with E-state index >= 15 is 0 Å². The third kappa shape index (κ3) is 6.10. The Hall–Kier alpha value is -4.05. The number of pyridine rings is 2. The van der Waals surface area contributed by atoms with Crippen LogP contribution in [0, 0.1) is 12.1 Å². The second kappa shape index (κ2) is 11.9. The summed E-state index contributed by atoms with van der Waals surface area (Å²) >= 11 is 0. The number of fused-ring (bicyclic) bond motifs is 1. The Balaban J connectivity index is 0.000000189. The minimum absolute atomic E-state index is 0. The SMILES string of the molecule is [Ir].[c-]1ccc(-c2ccc3ccncc3c2)cc1-c1cnccn1.[c-]1ccccc1-c1ccccn1. The van der Waals surface area contributed by atoms with E-state index in [-0.39, 0.29) is 20.1 Å². The molecule has 4 nitrogen and oxygen atoms in total. The van der Waals surface area contributed by atoms with Crippen molar-refractivity contribution in [3.8, 4) is 33.6 Å². The van der Waals surface area contributed by atoms with Crippen LogP contribution < -0.4 is 0 Å². The first kappa shape index (κ1) is 24.1. The van der Waals surface area contributed by atoms with Gasteiger partial charge in [0.25, 0.3) is 0 Å². The minimum Gasteiger partial charge on any atom is -0.305 e. The van der Waals surface area contributed by atoms with Gasteiger partial charge in [-0.1, -0.05) is 24.3 Å². The molecule has 0 saturated carbocycles. The molecule has 0 aliphatic heterocycles. The molecule has 0 unspecified atom stereocenters. The molecule has 3 aromatic heterocycles. The van der Waals surface area contributed by atoms with Gasteiger partial charge in [-0.25, -0.2) is 0 Å². The maximum atomic E-state index is 4.33. The molecule has 171 valence electrons. The van der Waals surface area contributed by atoms with Gasteiger partial charge < -0.3 is 9.97 Å². The fourth-order valence-corrected chi connectivity index (χ4v) is 3.57. The standard InChI is InChI=1S/C19H12N3.C11H8N.Ir/c1-2-15(10-17(3-1)19-13-21-8-9-22-19)16-5-4-14-6-7-20-12-18(14)11-16;1-2-6-10(7-3-1)11-8-4-5-9-12-11;/h1-2,4-13H;1-6,8-9H;/q2*-1;. The van der Waals surface area contributed by atoms with E-state index in [1.54, 1.807) is 24.8 Å². The predicted molar refractivity (Wildman–Crippen MR) is 136 cm³/mol. The molecule has 1 radical (unpaired) electrons. The first-order valence-corrected chi connectivity index (χ1v) is 10.9. The van der Waals surface area contributed by atoms with E-state index in [0.29, 0.717) is 0 Å². The van der Waals surface area contributed by atoms with Crippen molar-refractivity contribution in [3.05, 3.63) is 134 Å². The van der Waals surface area contributed by atoms with Gasteiger partial charge in [0, 0.05) is 68.4 Å². The summed E-state index contributed by atoms with van der Waals surface area (Å²) in [5, 5.41) is 2.32. The van der Waals surface area contributed by atoms with Crippen LogP contribution in [0.15, 0.2) is 122 Å². The molecular weight excluding hydrogens is 609 g/mol. The molecule has 0 amide bonds. The Morgan fingerprint density at radius 3 is 2.14 bits per heavy atom. The van der Waals surface area contributed by atoms with Gasteiger partial charge in [0.2, 0.25) is 0 Å². The number of rotatable bonds is 3. The predicted octanol–water partition coefficient (Wildman–Crippen LogP) is 6.71. The number of hydrogen-bond donors (Lipinski definition) is 0. The molecule has 0 atom stereocenters. The van der Waals surface area contributed by atoms with E-state index in [0.717, 1.165) is 39.0 Å². The number of benzene rings is 3. The van der Waals surface area contributed by atoms with E-state index in [1.807, 2.05) is 67.0 Å². The zero-order chi connectivity index (χ0) is 23.0. The van der Waals surface area contributed by atoms with Crippen LogP contribution in [0.5, 0.6) is 0 Å². The van der Waals surface area contributed by atoms with Crippen molar-refractivity contribution in [2.45, 2.75) is 0 Å². The van der Waals surface area contributed by atoms with Gasteiger partial charge in [0.15, 0.2) is 0 Å². The molecule has 0 bridgehead atoms. The van der Waals surface area contributed by atoms with Crippen LogP contribution >= 0.6 is 0 Å². The second-order valence-electron chi connectivity index (χ2n) is 7.51. The van der Waals surface area contributed by atoms with Crippen molar-refractivity contribution in [2.24, 2.45) is 0 Å². The zero-order valence-corrected chi connectivity index (χ0v) is 21.1. The molecule has 6 aromatic rings. The van der Waals surface area contributed by atoms with E-state index in [9.17, 15) is 0 Å². The quantitative estimate of drug-likeness (QED) is 0.205. The van der Waals surface area contributed by atoms with Gasteiger partial charge in [-0.2, -0.15) is 0 Å². The Kier molecular flexibility index (Phi) is 8.18. The van der Waals surface area contributed by atoms with Crippen LogP contribution in [-0.4, -0.2) is 19.9 Å². The molecule has 0 fully saturated rings. The maximum Gasteiger partial charge on any atom is 0.0432 e. The van der Waals surface area contributed by atoms with Gasteiger partial charge in [0.05, 0.1) is 0 Å². The van der Waals surface area contributed by atoms with Crippen molar-refractivity contribution in [1.29, 1.82) is 0 Å². The van der Waals surface area contributed by atoms with Gasteiger partial charge in [-0.15, -0.1) is 71.3 Å². The van der Waals surface area contributed by atoms with Crippen molar-refractivity contribution in [2.75, 3.05) is 0 Å². The smallest absolute Gasteiger partial charge is 0.0432 e. The summed E-state index contributed by atoms with van der Waals surface area (Å²) in [6, 6.07) is 34.5. The summed E-state index contributed by atoms with van der Waals surface area (Å²) in [6.07, 6.45) is 10.6. The molecular formula is C30H20IrN4-2. The fourth-order valence-electron chi connectivity index (χ4n) is 3.57. The van der Waals surface area contributed by atoms with Crippen LogP contribution in [0.1, 0.15) is 0 Å².